The summed E-state index contributed by atoms with van der Waals surface area (Å²) in [5.41, 5.74) is 4.76. The van der Waals surface area contributed by atoms with E-state index in [0.29, 0.717) is 31.3 Å². The van der Waals surface area contributed by atoms with E-state index in [1.165, 1.54) is 35.1 Å². The summed E-state index contributed by atoms with van der Waals surface area (Å²) in [5.74, 6) is 0.496. The van der Waals surface area contributed by atoms with Gasteiger partial charge in [0, 0.05) is 13.1 Å². The molecule has 0 aliphatic carbocycles. The van der Waals surface area contributed by atoms with Crippen molar-refractivity contribution in [1.29, 1.82) is 0 Å². The molecule has 0 bridgehead atoms. The Labute approximate surface area is 192 Å². The molecule has 0 atom stereocenters. The minimum absolute atomic E-state index is 0.213. The summed E-state index contributed by atoms with van der Waals surface area (Å²) in [4.78, 5) is 18.9. The van der Waals surface area contributed by atoms with E-state index >= 15 is 0 Å². The molecule has 1 amide bonds. The van der Waals surface area contributed by atoms with E-state index in [1.807, 2.05) is 0 Å². The van der Waals surface area contributed by atoms with Gasteiger partial charge in [0.1, 0.15) is 17.8 Å². The fourth-order valence-electron chi connectivity index (χ4n) is 3.58. The lowest BCUT2D eigenvalue weighted by molar-refractivity contribution is 0.0943. The van der Waals surface area contributed by atoms with E-state index in [0.717, 1.165) is 5.56 Å². The first-order valence-electron chi connectivity index (χ1n) is 10.7. The highest BCUT2D eigenvalue weighted by atomic mass is 19.1. The monoisotopic (exact) mass is 447 g/mol. The highest BCUT2D eigenvalue weighted by Gasteiger charge is 2.17. The third kappa shape index (κ3) is 6.17. The highest BCUT2D eigenvalue weighted by molar-refractivity contribution is 5.91. The number of hydrogen-bond acceptors (Lipinski definition) is 5. The quantitative estimate of drug-likeness (QED) is 0.384. The molecule has 1 N–H and O–H groups in total. The summed E-state index contributed by atoms with van der Waals surface area (Å²) in [6.45, 7) is 6.06. The zero-order chi connectivity index (χ0) is 23.2. The topological polar surface area (TPSA) is 71.5 Å². The van der Waals surface area contributed by atoms with Crippen LogP contribution in [0, 0.1) is 19.7 Å². The number of carbonyl (C=O) groups excluding carboxylic acids is 1. The number of aryl methyl sites for hydroxylation is 2. The fourth-order valence-corrected chi connectivity index (χ4v) is 3.58. The van der Waals surface area contributed by atoms with Crippen LogP contribution in [0.3, 0.4) is 0 Å². The Bertz CT molecular complexity index is 1200. The molecule has 0 saturated heterocycles. The van der Waals surface area contributed by atoms with Gasteiger partial charge in [-0.3, -0.25) is 9.69 Å². The van der Waals surface area contributed by atoms with Crippen LogP contribution in [-0.2, 0) is 26.2 Å². The van der Waals surface area contributed by atoms with Crippen molar-refractivity contribution in [3.8, 4) is 0 Å². The van der Waals surface area contributed by atoms with Gasteiger partial charge in [-0.1, -0.05) is 35.9 Å². The van der Waals surface area contributed by atoms with Gasteiger partial charge >= 0.3 is 0 Å². The van der Waals surface area contributed by atoms with Crippen LogP contribution in [0.25, 0.3) is 0 Å². The smallest absolute Gasteiger partial charge is 0.273 e. The van der Waals surface area contributed by atoms with Crippen LogP contribution >= 0.6 is 0 Å². The number of rotatable bonds is 9. The minimum atomic E-state index is -0.332. The Balaban J connectivity index is 1.47. The maximum Gasteiger partial charge on any atom is 0.273 e. The molecule has 0 aliphatic heterocycles. The van der Waals surface area contributed by atoms with Crippen LogP contribution in [-0.4, -0.2) is 15.8 Å². The predicted molar refractivity (Wildman–Crippen MR) is 122 cm³/mol. The van der Waals surface area contributed by atoms with Gasteiger partial charge in [-0.05, 0) is 54.8 Å². The Hall–Kier alpha value is -3.71. The molecule has 33 heavy (non-hydrogen) atoms. The predicted octanol–water partition coefficient (Wildman–Crippen LogP) is 5.16. The summed E-state index contributed by atoms with van der Waals surface area (Å²) in [7, 11) is 0. The largest absolute Gasteiger partial charge is 0.467 e. The molecule has 0 fully saturated rings. The van der Waals surface area contributed by atoms with Gasteiger partial charge in [0.05, 0.1) is 19.4 Å². The molecule has 4 aromatic rings. The van der Waals surface area contributed by atoms with Gasteiger partial charge in [0.2, 0.25) is 5.89 Å². The van der Waals surface area contributed by atoms with Crippen LogP contribution in [0.15, 0.2) is 76.0 Å². The van der Waals surface area contributed by atoms with E-state index in [1.54, 1.807) is 30.5 Å². The Morgan fingerprint density at radius 3 is 2.61 bits per heavy atom. The number of benzene rings is 2. The van der Waals surface area contributed by atoms with E-state index < -0.39 is 0 Å². The second-order valence-corrected chi connectivity index (χ2v) is 8.09. The van der Waals surface area contributed by atoms with Crippen LogP contribution in [0.5, 0.6) is 0 Å². The lowest BCUT2D eigenvalue weighted by Crippen LogP contribution is -2.24. The number of aromatic nitrogens is 1. The lowest BCUT2D eigenvalue weighted by atomic mass is 10.0. The van der Waals surface area contributed by atoms with Crippen LogP contribution in [0.4, 0.5) is 4.39 Å². The van der Waals surface area contributed by atoms with Gasteiger partial charge < -0.3 is 14.2 Å². The molecule has 170 valence electrons. The molecule has 0 radical (unpaired) electrons. The van der Waals surface area contributed by atoms with Crippen molar-refractivity contribution >= 4 is 5.91 Å². The molecule has 0 unspecified atom stereocenters. The third-order valence-electron chi connectivity index (χ3n) is 5.36. The van der Waals surface area contributed by atoms with Gasteiger partial charge in [-0.25, -0.2) is 9.37 Å². The first-order chi connectivity index (χ1) is 16.0. The first-order valence-corrected chi connectivity index (χ1v) is 10.7. The van der Waals surface area contributed by atoms with Gasteiger partial charge in [-0.2, -0.15) is 0 Å². The van der Waals surface area contributed by atoms with Crippen molar-refractivity contribution in [1.82, 2.24) is 15.2 Å². The number of halogens is 1. The Kier molecular flexibility index (Phi) is 7.00. The molecule has 4 rings (SSSR count). The van der Waals surface area contributed by atoms with Gasteiger partial charge in [0.15, 0.2) is 5.69 Å². The molecule has 2 heterocycles. The van der Waals surface area contributed by atoms with Crippen LogP contribution < -0.4 is 5.32 Å². The number of nitrogens with zero attached hydrogens (tertiary/aromatic N) is 2. The van der Waals surface area contributed by atoms with Crippen LogP contribution in [0.2, 0.25) is 0 Å². The SMILES string of the molecule is Cc1ccc(C)c(CN(Cc2ccc(F)cc2)Cc2nc(C(=O)NCc3ccco3)co2)c1. The summed E-state index contributed by atoms with van der Waals surface area (Å²) in [5, 5.41) is 2.76. The number of oxazole rings is 1. The molecule has 0 spiro atoms. The van der Waals surface area contributed by atoms with Crippen molar-refractivity contribution in [2.45, 2.75) is 40.0 Å². The van der Waals surface area contributed by atoms with E-state index in [2.05, 4.69) is 47.2 Å². The van der Waals surface area contributed by atoms with E-state index in [4.69, 9.17) is 8.83 Å². The van der Waals surface area contributed by atoms with Gasteiger partial charge in [-0.15, -0.1) is 0 Å². The number of carbonyl (C=O) groups is 1. The fraction of sp³-hybridized carbons (Fsp3) is 0.231. The molecule has 0 aliphatic rings. The minimum Gasteiger partial charge on any atom is -0.467 e. The summed E-state index contributed by atoms with van der Waals surface area (Å²) >= 11 is 0. The van der Waals surface area contributed by atoms with Crippen molar-refractivity contribution in [2.24, 2.45) is 0 Å². The Morgan fingerprint density at radius 2 is 1.85 bits per heavy atom. The average molecular weight is 448 g/mol. The highest BCUT2D eigenvalue weighted by Crippen LogP contribution is 2.18. The molecule has 0 saturated carbocycles. The molecule has 2 aromatic heterocycles. The molecule has 2 aromatic carbocycles. The second-order valence-electron chi connectivity index (χ2n) is 8.09. The van der Waals surface area contributed by atoms with E-state index in [9.17, 15) is 9.18 Å². The van der Waals surface area contributed by atoms with Crippen molar-refractivity contribution in [3.05, 3.63) is 113 Å². The number of nitrogens with one attached hydrogen (secondary N) is 1. The maximum absolute atomic E-state index is 13.4. The summed E-state index contributed by atoms with van der Waals surface area (Å²) in [6, 6.07) is 16.4. The second kappa shape index (κ2) is 10.3. The molecule has 7 heteroatoms. The molecule has 6 nitrogen and oxygen atoms in total. The summed E-state index contributed by atoms with van der Waals surface area (Å²) < 4.78 is 24.2. The first kappa shape index (κ1) is 22.5. The maximum atomic E-state index is 13.4. The number of amides is 1. The third-order valence-corrected chi connectivity index (χ3v) is 5.36. The number of furan rings is 1. The van der Waals surface area contributed by atoms with Gasteiger partial charge in [0.25, 0.3) is 5.91 Å². The van der Waals surface area contributed by atoms with Crippen molar-refractivity contribution < 1.29 is 18.0 Å². The van der Waals surface area contributed by atoms with Crippen molar-refractivity contribution in [2.75, 3.05) is 0 Å². The van der Waals surface area contributed by atoms with Crippen molar-refractivity contribution in [3.63, 3.8) is 0 Å². The summed E-state index contributed by atoms with van der Waals surface area (Å²) in [6.07, 6.45) is 2.92. The zero-order valence-corrected chi connectivity index (χ0v) is 18.7. The Morgan fingerprint density at radius 1 is 1.03 bits per heavy atom. The molecular weight excluding hydrogens is 421 g/mol. The zero-order valence-electron chi connectivity index (χ0n) is 18.7. The van der Waals surface area contributed by atoms with Crippen LogP contribution in [0.1, 0.15) is 44.4 Å². The number of hydrogen-bond donors (Lipinski definition) is 1. The average Bonchev–Trinajstić information content (AvgIpc) is 3.48. The normalized spacial score (nSPS) is 11.2. The van der Waals surface area contributed by atoms with E-state index in [-0.39, 0.29) is 24.0 Å². The molecular formula is C26H26FN3O3. The lowest BCUT2D eigenvalue weighted by Gasteiger charge is -2.22. The standard InChI is InChI=1S/C26H26FN3O3/c1-18-5-6-19(2)21(12-18)15-30(14-20-7-9-22(27)10-8-20)16-25-29-24(17-33-25)26(31)28-13-23-4-3-11-32-23/h3-12,17H,13-16H2,1-2H3,(H,28,31).